The molecule has 0 saturated carbocycles. The lowest BCUT2D eigenvalue weighted by atomic mass is 9.97. The highest BCUT2D eigenvalue weighted by atomic mass is 16.7. The highest BCUT2D eigenvalue weighted by Gasteiger charge is 2.49. The summed E-state index contributed by atoms with van der Waals surface area (Å²) in [6, 6.07) is 0. The van der Waals surface area contributed by atoms with Crippen molar-refractivity contribution in [1.29, 1.82) is 0 Å². The van der Waals surface area contributed by atoms with Gasteiger partial charge in [0, 0.05) is 0 Å². The number of aliphatic hydroxyl groups is 7. The molecule has 2 heterocycles. The molecule has 2 fully saturated rings. The van der Waals surface area contributed by atoms with E-state index < -0.39 is 68.0 Å². The molecule has 0 aromatic heterocycles. The average molecular weight is 326 g/mol. The molecule has 0 spiro atoms. The minimum Gasteiger partial charge on any atom is -0.394 e. The van der Waals surface area contributed by atoms with E-state index in [1.54, 1.807) is 0 Å². The van der Waals surface area contributed by atoms with Crippen LogP contribution in [0.25, 0.3) is 0 Å². The van der Waals surface area contributed by atoms with E-state index in [1.807, 2.05) is 0 Å². The molecule has 2 saturated heterocycles. The summed E-state index contributed by atoms with van der Waals surface area (Å²) >= 11 is 0. The van der Waals surface area contributed by atoms with Crippen molar-refractivity contribution in [2.45, 2.75) is 68.3 Å². The lowest BCUT2D eigenvalue weighted by molar-refractivity contribution is -0.353. The second kappa shape index (κ2) is 7.01. The van der Waals surface area contributed by atoms with Gasteiger partial charge in [0.2, 0.25) is 0 Å². The molecule has 2 aliphatic rings. The number of ether oxygens (including phenoxy) is 3. The van der Waals surface area contributed by atoms with Crippen molar-refractivity contribution in [2.24, 2.45) is 0 Å². The topological polar surface area (TPSA) is 169 Å². The van der Waals surface area contributed by atoms with Crippen LogP contribution < -0.4 is 0 Å². The maximum Gasteiger partial charge on any atom is 0.187 e. The second-order valence-electron chi connectivity index (χ2n) is 5.51. The minimum atomic E-state index is -1.67. The molecular formula is C12H22O10. The van der Waals surface area contributed by atoms with Gasteiger partial charge in [-0.15, -0.1) is 0 Å². The van der Waals surface area contributed by atoms with Crippen LogP contribution in [-0.4, -0.2) is 104 Å². The van der Waals surface area contributed by atoms with E-state index in [0.29, 0.717) is 0 Å². The second-order valence-corrected chi connectivity index (χ2v) is 5.51. The molecule has 0 radical (unpaired) electrons. The first-order valence-electron chi connectivity index (χ1n) is 6.93. The monoisotopic (exact) mass is 326 g/mol. The van der Waals surface area contributed by atoms with Crippen molar-refractivity contribution in [3.8, 4) is 0 Å². The first-order valence-corrected chi connectivity index (χ1v) is 6.93. The van der Waals surface area contributed by atoms with E-state index in [1.165, 1.54) is 6.92 Å². The number of aliphatic hydroxyl groups excluding tert-OH is 7. The van der Waals surface area contributed by atoms with Gasteiger partial charge in [-0.05, 0) is 6.92 Å². The van der Waals surface area contributed by atoms with Crippen molar-refractivity contribution in [1.82, 2.24) is 0 Å². The third kappa shape index (κ3) is 3.26. The Kier molecular flexibility index (Phi) is 5.72. The van der Waals surface area contributed by atoms with Gasteiger partial charge in [0.25, 0.3) is 0 Å². The van der Waals surface area contributed by atoms with Crippen molar-refractivity contribution < 1.29 is 50.0 Å². The van der Waals surface area contributed by atoms with Gasteiger partial charge in [-0.2, -0.15) is 0 Å². The first-order chi connectivity index (χ1) is 10.3. The summed E-state index contributed by atoms with van der Waals surface area (Å²) in [5.74, 6) is 0. The van der Waals surface area contributed by atoms with E-state index in [-0.39, 0.29) is 0 Å². The highest BCUT2D eigenvalue weighted by molar-refractivity contribution is 4.92. The Bertz CT molecular complexity index is 352. The lowest BCUT2D eigenvalue weighted by Gasteiger charge is -2.44. The van der Waals surface area contributed by atoms with Crippen LogP contribution in [0, 0.1) is 0 Å². The van der Waals surface area contributed by atoms with Crippen LogP contribution >= 0.6 is 0 Å². The molecule has 0 aromatic carbocycles. The molecule has 10 heteroatoms. The zero-order valence-electron chi connectivity index (χ0n) is 11.8. The molecule has 2 aliphatic heterocycles. The predicted molar refractivity (Wildman–Crippen MR) is 67.2 cm³/mol. The van der Waals surface area contributed by atoms with E-state index in [2.05, 4.69) is 0 Å². The minimum absolute atomic E-state index is 0.636. The maximum absolute atomic E-state index is 9.96. The zero-order valence-corrected chi connectivity index (χ0v) is 11.8. The summed E-state index contributed by atoms with van der Waals surface area (Å²) in [6.45, 7) is 0.812. The van der Waals surface area contributed by atoms with Gasteiger partial charge >= 0.3 is 0 Å². The summed E-state index contributed by atoms with van der Waals surface area (Å²) in [5.41, 5.74) is 0. The van der Waals surface area contributed by atoms with Crippen LogP contribution in [0.4, 0.5) is 0 Å². The Morgan fingerprint density at radius 1 is 0.818 bits per heavy atom. The van der Waals surface area contributed by atoms with Gasteiger partial charge in [-0.25, -0.2) is 0 Å². The third-order valence-electron chi connectivity index (χ3n) is 3.94. The van der Waals surface area contributed by atoms with Crippen molar-refractivity contribution >= 4 is 0 Å². The van der Waals surface area contributed by atoms with Gasteiger partial charge in [0.15, 0.2) is 12.6 Å². The SMILES string of the molecule is CC1O[C@@H](O)[C@@H](O)C(O[C@H]2OC(CO)[C@@H](O)C(O)C2O)[C@H]1O. The smallest absolute Gasteiger partial charge is 0.187 e. The van der Waals surface area contributed by atoms with Gasteiger partial charge in [0.1, 0.15) is 42.7 Å². The van der Waals surface area contributed by atoms with Crippen molar-refractivity contribution in [3.05, 3.63) is 0 Å². The Labute approximate surface area is 126 Å². The standard InChI is InChI=1S/C12H22O10/c1-3-5(14)10(9(18)11(19)20-3)22-12-8(17)7(16)6(15)4(2-13)21-12/h3-19H,2H2,1H3/t3?,4?,5-,6+,7?,8?,9-,10?,11+,12+/m0/s1. The van der Waals surface area contributed by atoms with Crippen LogP contribution in [0.15, 0.2) is 0 Å². The Morgan fingerprint density at radius 2 is 1.45 bits per heavy atom. The van der Waals surface area contributed by atoms with E-state index in [9.17, 15) is 30.6 Å². The molecule has 0 aromatic rings. The largest absolute Gasteiger partial charge is 0.394 e. The Balaban J connectivity index is 2.10. The molecular weight excluding hydrogens is 304 g/mol. The molecule has 10 atom stereocenters. The molecule has 130 valence electrons. The van der Waals surface area contributed by atoms with Gasteiger partial charge in [-0.1, -0.05) is 0 Å². The number of rotatable bonds is 3. The molecule has 10 nitrogen and oxygen atoms in total. The van der Waals surface area contributed by atoms with Gasteiger partial charge < -0.3 is 50.0 Å². The fraction of sp³-hybridized carbons (Fsp3) is 1.00. The van der Waals surface area contributed by atoms with Gasteiger partial charge in [0.05, 0.1) is 12.7 Å². The third-order valence-corrected chi connectivity index (χ3v) is 3.94. The summed E-state index contributed by atoms with van der Waals surface area (Å²) in [6.07, 6.45) is -14.3. The van der Waals surface area contributed by atoms with Crippen LogP contribution in [0.1, 0.15) is 6.92 Å². The first kappa shape index (κ1) is 17.9. The van der Waals surface area contributed by atoms with Crippen LogP contribution in [-0.2, 0) is 14.2 Å². The van der Waals surface area contributed by atoms with E-state index in [0.717, 1.165) is 0 Å². The molecule has 2 rings (SSSR count). The summed E-state index contributed by atoms with van der Waals surface area (Å²) in [7, 11) is 0. The molecule has 0 amide bonds. The molecule has 0 bridgehead atoms. The average Bonchev–Trinajstić information content (AvgIpc) is 2.49. The Morgan fingerprint density at radius 3 is 2.05 bits per heavy atom. The maximum atomic E-state index is 9.96. The highest BCUT2D eigenvalue weighted by Crippen LogP contribution is 2.28. The lowest BCUT2D eigenvalue weighted by Crippen LogP contribution is -2.63. The number of hydrogen-bond donors (Lipinski definition) is 7. The van der Waals surface area contributed by atoms with E-state index in [4.69, 9.17) is 19.3 Å². The van der Waals surface area contributed by atoms with Crippen molar-refractivity contribution in [3.63, 3.8) is 0 Å². The predicted octanol–water partition coefficient (Wildman–Crippen LogP) is -4.37. The van der Waals surface area contributed by atoms with Crippen LogP contribution in [0.2, 0.25) is 0 Å². The zero-order chi connectivity index (χ0) is 16.6. The fourth-order valence-corrected chi connectivity index (χ4v) is 2.51. The summed E-state index contributed by atoms with van der Waals surface area (Å²) in [5, 5.41) is 67.6. The molecule has 5 unspecified atom stereocenters. The van der Waals surface area contributed by atoms with Crippen molar-refractivity contribution in [2.75, 3.05) is 6.61 Å². The van der Waals surface area contributed by atoms with Gasteiger partial charge in [-0.3, -0.25) is 0 Å². The fourth-order valence-electron chi connectivity index (χ4n) is 2.51. The Hall–Kier alpha value is -0.400. The summed E-state index contributed by atoms with van der Waals surface area (Å²) < 4.78 is 15.3. The summed E-state index contributed by atoms with van der Waals surface area (Å²) in [4.78, 5) is 0. The van der Waals surface area contributed by atoms with Crippen LogP contribution in [0.5, 0.6) is 0 Å². The quantitative estimate of drug-likeness (QED) is 0.269. The molecule has 7 N–H and O–H groups in total. The molecule has 0 aliphatic carbocycles. The number of hydrogen-bond acceptors (Lipinski definition) is 10. The van der Waals surface area contributed by atoms with Crippen LogP contribution in [0.3, 0.4) is 0 Å². The normalized spacial score (nSPS) is 53.5. The molecule has 22 heavy (non-hydrogen) atoms. The van der Waals surface area contributed by atoms with E-state index >= 15 is 0 Å².